The number of esters is 1. The monoisotopic (exact) mass is 413 g/mol. The molecule has 0 saturated carbocycles. The molecule has 8 heteroatoms. The summed E-state index contributed by atoms with van der Waals surface area (Å²) in [5.41, 5.74) is 8.80. The zero-order valence-corrected chi connectivity index (χ0v) is 17.6. The fraction of sp³-hybridized carbons (Fsp3) is 0.286. The number of carbonyl (C=O) groups is 2. The fourth-order valence-electron chi connectivity index (χ4n) is 2.97. The Kier molecular flexibility index (Phi) is 6.03. The number of nitrogens with zero attached hydrogens (tertiary/aromatic N) is 1. The third-order valence-electron chi connectivity index (χ3n) is 4.31. The number of nitrogens with two attached hydrogens (primary N) is 1. The van der Waals surface area contributed by atoms with E-state index in [1.807, 2.05) is 32.9 Å². The Hall–Kier alpha value is -3.13. The van der Waals surface area contributed by atoms with Gasteiger partial charge in [-0.25, -0.2) is 9.78 Å². The Morgan fingerprint density at radius 3 is 2.72 bits per heavy atom. The number of pyridine rings is 1. The Bertz CT molecular complexity index is 1080. The number of rotatable bonds is 6. The van der Waals surface area contributed by atoms with Crippen LogP contribution in [0.15, 0.2) is 30.3 Å². The largest absolute Gasteiger partial charge is 0.492 e. The van der Waals surface area contributed by atoms with E-state index in [4.69, 9.17) is 15.2 Å². The highest BCUT2D eigenvalue weighted by Crippen LogP contribution is 2.35. The molecule has 152 valence electrons. The molecule has 0 aliphatic rings. The summed E-state index contributed by atoms with van der Waals surface area (Å²) in [6, 6.07) is 8.98. The van der Waals surface area contributed by atoms with Crippen LogP contribution in [0, 0.1) is 13.8 Å². The number of nitrogens with one attached hydrogen (secondary N) is 1. The van der Waals surface area contributed by atoms with Gasteiger partial charge in [-0.3, -0.25) is 4.79 Å². The molecule has 1 amide bonds. The van der Waals surface area contributed by atoms with E-state index in [-0.39, 0.29) is 4.88 Å². The minimum absolute atomic E-state index is 0.246. The average Bonchev–Trinajstić information content (AvgIpc) is 3.00. The van der Waals surface area contributed by atoms with Crippen molar-refractivity contribution >= 4 is 44.8 Å². The number of nitrogen functional groups attached to an aromatic ring is 1. The van der Waals surface area contributed by atoms with Crippen molar-refractivity contribution in [1.29, 1.82) is 0 Å². The highest BCUT2D eigenvalue weighted by atomic mass is 32.1. The maximum absolute atomic E-state index is 12.6. The predicted octanol–water partition coefficient (Wildman–Crippen LogP) is 4.08. The second-order valence-electron chi connectivity index (χ2n) is 6.57. The summed E-state index contributed by atoms with van der Waals surface area (Å²) in [6.07, 6.45) is -1.02. The van der Waals surface area contributed by atoms with Crippen LogP contribution in [0.2, 0.25) is 0 Å². The van der Waals surface area contributed by atoms with Gasteiger partial charge in [0.05, 0.1) is 18.0 Å². The first-order chi connectivity index (χ1) is 13.8. The number of thiophene rings is 1. The predicted molar refractivity (Wildman–Crippen MR) is 115 cm³/mol. The van der Waals surface area contributed by atoms with Crippen LogP contribution in [0.25, 0.3) is 10.2 Å². The van der Waals surface area contributed by atoms with Gasteiger partial charge < -0.3 is 20.5 Å². The molecule has 0 aliphatic heterocycles. The van der Waals surface area contributed by atoms with E-state index in [0.717, 1.165) is 28.0 Å². The standard InChI is InChI=1S/C21H23N3O4S/c1-5-27-15-9-7-6-8-14(15)24-19(25)13(4)28-21(26)18-17(22)16-11(2)10-12(3)23-20(16)29-18/h6-10,13H,5,22H2,1-4H3,(H,24,25). The highest BCUT2D eigenvalue weighted by molar-refractivity contribution is 7.21. The Balaban J connectivity index is 1.75. The van der Waals surface area contributed by atoms with Crippen molar-refractivity contribution in [3.63, 3.8) is 0 Å². The SMILES string of the molecule is CCOc1ccccc1NC(=O)C(C)OC(=O)c1sc2nc(C)cc(C)c2c1N. The van der Waals surface area contributed by atoms with Crippen LogP contribution in [0.3, 0.4) is 0 Å². The van der Waals surface area contributed by atoms with E-state index < -0.39 is 18.0 Å². The van der Waals surface area contributed by atoms with Crippen LogP contribution in [-0.2, 0) is 9.53 Å². The molecular weight excluding hydrogens is 390 g/mol. The second-order valence-corrected chi connectivity index (χ2v) is 7.57. The lowest BCUT2D eigenvalue weighted by atomic mass is 10.1. The van der Waals surface area contributed by atoms with Crippen LogP contribution in [-0.4, -0.2) is 29.6 Å². The Labute approximate surface area is 172 Å². The van der Waals surface area contributed by atoms with Crippen molar-refractivity contribution in [2.45, 2.75) is 33.8 Å². The zero-order valence-electron chi connectivity index (χ0n) is 16.7. The average molecular weight is 413 g/mol. The van der Waals surface area contributed by atoms with E-state index in [2.05, 4.69) is 10.3 Å². The number of para-hydroxylation sites is 2. The third kappa shape index (κ3) is 4.32. The molecule has 0 fully saturated rings. The van der Waals surface area contributed by atoms with Crippen molar-refractivity contribution < 1.29 is 19.1 Å². The molecule has 3 N–H and O–H groups in total. The van der Waals surface area contributed by atoms with Crippen LogP contribution < -0.4 is 15.8 Å². The van der Waals surface area contributed by atoms with E-state index in [1.54, 1.807) is 18.2 Å². The molecule has 1 aromatic carbocycles. The molecule has 29 heavy (non-hydrogen) atoms. The fourth-order valence-corrected chi connectivity index (χ4v) is 4.07. The smallest absolute Gasteiger partial charge is 0.351 e. The highest BCUT2D eigenvalue weighted by Gasteiger charge is 2.25. The number of amides is 1. The Morgan fingerprint density at radius 2 is 2.00 bits per heavy atom. The topological polar surface area (TPSA) is 104 Å². The van der Waals surface area contributed by atoms with Gasteiger partial charge >= 0.3 is 5.97 Å². The lowest BCUT2D eigenvalue weighted by Crippen LogP contribution is -2.30. The molecule has 0 aliphatic carbocycles. The van der Waals surface area contributed by atoms with Crippen molar-refractivity contribution in [3.8, 4) is 5.75 Å². The maximum atomic E-state index is 12.6. The summed E-state index contributed by atoms with van der Waals surface area (Å²) in [4.78, 5) is 30.5. The molecule has 7 nitrogen and oxygen atoms in total. The van der Waals surface area contributed by atoms with E-state index in [0.29, 0.717) is 28.6 Å². The van der Waals surface area contributed by atoms with Crippen LogP contribution in [0.5, 0.6) is 5.75 Å². The Morgan fingerprint density at radius 1 is 1.28 bits per heavy atom. The first-order valence-corrected chi connectivity index (χ1v) is 10.0. The summed E-state index contributed by atoms with van der Waals surface area (Å²) < 4.78 is 10.9. The summed E-state index contributed by atoms with van der Waals surface area (Å²) in [7, 11) is 0. The number of hydrogen-bond acceptors (Lipinski definition) is 7. The first kappa shape index (κ1) is 20.6. The van der Waals surface area contributed by atoms with Gasteiger partial charge in [0.25, 0.3) is 5.91 Å². The van der Waals surface area contributed by atoms with E-state index in [1.165, 1.54) is 6.92 Å². The van der Waals surface area contributed by atoms with Gasteiger partial charge in [-0.1, -0.05) is 12.1 Å². The molecule has 0 saturated heterocycles. The number of benzene rings is 1. The minimum atomic E-state index is -1.02. The lowest BCUT2D eigenvalue weighted by Gasteiger charge is -2.15. The first-order valence-electron chi connectivity index (χ1n) is 9.21. The number of aromatic nitrogens is 1. The van der Waals surface area contributed by atoms with Crippen molar-refractivity contribution in [2.24, 2.45) is 0 Å². The molecule has 1 atom stereocenters. The lowest BCUT2D eigenvalue weighted by molar-refractivity contribution is -0.123. The minimum Gasteiger partial charge on any atom is -0.492 e. The van der Waals surface area contributed by atoms with Gasteiger partial charge in [0.1, 0.15) is 15.5 Å². The molecule has 3 aromatic rings. The van der Waals surface area contributed by atoms with Crippen molar-refractivity contribution in [2.75, 3.05) is 17.7 Å². The molecular formula is C21H23N3O4S. The number of aryl methyl sites for hydroxylation is 2. The summed E-state index contributed by atoms with van der Waals surface area (Å²) in [5.74, 6) is -0.564. The van der Waals surface area contributed by atoms with Gasteiger partial charge in [-0.05, 0) is 51.5 Å². The number of hydrogen-bond donors (Lipinski definition) is 2. The van der Waals surface area contributed by atoms with Crippen LogP contribution in [0.4, 0.5) is 11.4 Å². The van der Waals surface area contributed by atoms with Crippen LogP contribution >= 0.6 is 11.3 Å². The molecule has 2 heterocycles. The van der Waals surface area contributed by atoms with Gasteiger partial charge in [0.2, 0.25) is 0 Å². The number of anilines is 2. The summed E-state index contributed by atoms with van der Waals surface area (Å²) >= 11 is 1.16. The van der Waals surface area contributed by atoms with Gasteiger partial charge in [-0.15, -0.1) is 11.3 Å². The maximum Gasteiger partial charge on any atom is 0.351 e. The number of carbonyl (C=O) groups excluding carboxylic acids is 2. The van der Waals surface area contributed by atoms with Crippen molar-refractivity contribution in [3.05, 3.63) is 46.5 Å². The van der Waals surface area contributed by atoms with E-state index >= 15 is 0 Å². The van der Waals surface area contributed by atoms with Gasteiger partial charge in [0.15, 0.2) is 6.10 Å². The summed E-state index contributed by atoms with van der Waals surface area (Å²) in [6.45, 7) is 7.63. The molecule has 3 rings (SSSR count). The van der Waals surface area contributed by atoms with E-state index in [9.17, 15) is 9.59 Å². The van der Waals surface area contributed by atoms with Crippen LogP contribution in [0.1, 0.15) is 34.8 Å². The van der Waals surface area contributed by atoms with Gasteiger partial charge in [0, 0.05) is 11.1 Å². The van der Waals surface area contributed by atoms with Gasteiger partial charge in [-0.2, -0.15) is 0 Å². The molecule has 2 aromatic heterocycles. The second kappa shape index (κ2) is 8.48. The van der Waals surface area contributed by atoms with Crippen molar-refractivity contribution in [1.82, 2.24) is 4.98 Å². The molecule has 1 unspecified atom stereocenters. The zero-order chi connectivity index (χ0) is 21.1. The normalized spacial score (nSPS) is 11.9. The quantitative estimate of drug-likeness (QED) is 0.590. The molecule has 0 radical (unpaired) electrons. The molecule has 0 bridgehead atoms. The summed E-state index contributed by atoms with van der Waals surface area (Å²) in [5, 5.41) is 3.47. The third-order valence-corrected chi connectivity index (χ3v) is 5.39. The number of fused-ring (bicyclic) bond motifs is 1. The molecule has 0 spiro atoms. The number of ether oxygens (including phenoxy) is 2.